The molecule has 0 saturated carbocycles. The smallest absolute Gasteiger partial charge is 0.251 e. The molecule has 2 rings (SSSR count). The summed E-state index contributed by atoms with van der Waals surface area (Å²) in [5, 5.41) is 21.9. The van der Waals surface area contributed by atoms with Crippen LogP contribution in [-0.2, 0) is 6.42 Å². The molecule has 1 amide bonds. The molecule has 0 fully saturated rings. The number of carbonyl (C=O) groups excluding carboxylic acids is 1. The summed E-state index contributed by atoms with van der Waals surface area (Å²) in [6.45, 7) is 1.55. The molecule has 0 aliphatic rings. The van der Waals surface area contributed by atoms with Gasteiger partial charge in [-0.05, 0) is 31.0 Å². The first kappa shape index (κ1) is 15.1. The monoisotopic (exact) mass is 285 g/mol. The van der Waals surface area contributed by atoms with Crippen LogP contribution in [0.2, 0.25) is 0 Å². The van der Waals surface area contributed by atoms with E-state index in [1.165, 1.54) is 0 Å². The minimum absolute atomic E-state index is 0.0891. The van der Waals surface area contributed by atoms with Crippen molar-refractivity contribution in [1.82, 2.24) is 5.32 Å². The molecule has 2 aromatic rings. The van der Waals surface area contributed by atoms with Crippen LogP contribution in [0.3, 0.4) is 0 Å². The fourth-order valence-electron chi connectivity index (χ4n) is 2.19. The Morgan fingerprint density at radius 3 is 2.52 bits per heavy atom. The molecule has 0 saturated heterocycles. The van der Waals surface area contributed by atoms with Crippen molar-refractivity contribution in [2.24, 2.45) is 0 Å². The van der Waals surface area contributed by atoms with Gasteiger partial charge < -0.3 is 15.5 Å². The normalized spacial score (nSPS) is 11.9. The predicted octanol–water partition coefficient (Wildman–Crippen LogP) is 2.03. The lowest BCUT2D eigenvalue weighted by molar-refractivity contribution is 0.0915. The van der Waals surface area contributed by atoms with Crippen LogP contribution in [0.15, 0.2) is 48.5 Å². The summed E-state index contributed by atoms with van der Waals surface area (Å²) in [6.07, 6.45) is 0.556. The molecule has 2 aromatic carbocycles. The predicted molar refractivity (Wildman–Crippen MR) is 81.3 cm³/mol. The summed E-state index contributed by atoms with van der Waals surface area (Å²) in [5.41, 5.74) is 2.00. The summed E-state index contributed by atoms with van der Waals surface area (Å²) >= 11 is 0. The second-order valence-electron chi connectivity index (χ2n) is 4.99. The molecule has 4 heteroatoms. The zero-order valence-corrected chi connectivity index (χ0v) is 11.9. The first-order valence-corrected chi connectivity index (χ1v) is 6.86. The van der Waals surface area contributed by atoms with E-state index in [4.69, 9.17) is 0 Å². The van der Waals surface area contributed by atoms with E-state index < -0.39 is 0 Å². The van der Waals surface area contributed by atoms with E-state index in [9.17, 15) is 15.0 Å². The fraction of sp³-hybridized carbons (Fsp3) is 0.235. The van der Waals surface area contributed by atoms with Gasteiger partial charge in [-0.25, -0.2) is 0 Å². The number of rotatable bonds is 5. The third-order valence-electron chi connectivity index (χ3n) is 3.43. The average molecular weight is 285 g/mol. The molecule has 3 N–H and O–H groups in total. The lowest BCUT2D eigenvalue weighted by Gasteiger charge is -2.17. The van der Waals surface area contributed by atoms with Gasteiger partial charge in [0.15, 0.2) is 0 Å². The van der Waals surface area contributed by atoms with Crippen LogP contribution >= 0.6 is 0 Å². The van der Waals surface area contributed by atoms with Crippen molar-refractivity contribution in [3.05, 3.63) is 65.2 Å². The van der Waals surface area contributed by atoms with Crippen molar-refractivity contribution in [1.29, 1.82) is 0 Å². The molecular weight excluding hydrogens is 266 g/mol. The maximum atomic E-state index is 12.2. The number of phenolic OH excluding ortho intramolecular Hbond substituents is 1. The lowest BCUT2D eigenvalue weighted by Crippen LogP contribution is -2.39. The number of amides is 1. The summed E-state index contributed by atoms with van der Waals surface area (Å²) in [6, 6.07) is 14.1. The highest BCUT2D eigenvalue weighted by Crippen LogP contribution is 2.19. The molecule has 0 spiro atoms. The molecule has 110 valence electrons. The van der Waals surface area contributed by atoms with Gasteiger partial charge in [0, 0.05) is 11.1 Å². The van der Waals surface area contributed by atoms with Crippen molar-refractivity contribution in [2.45, 2.75) is 19.4 Å². The molecule has 0 aromatic heterocycles. The lowest BCUT2D eigenvalue weighted by atomic mass is 10.0. The quantitative estimate of drug-likeness (QED) is 0.787. The van der Waals surface area contributed by atoms with E-state index in [2.05, 4.69) is 5.32 Å². The molecule has 0 radical (unpaired) electrons. The third kappa shape index (κ3) is 3.83. The van der Waals surface area contributed by atoms with Gasteiger partial charge in [-0.1, -0.05) is 36.4 Å². The van der Waals surface area contributed by atoms with Gasteiger partial charge in [0.1, 0.15) is 5.75 Å². The summed E-state index contributed by atoms with van der Waals surface area (Å²) < 4.78 is 0. The van der Waals surface area contributed by atoms with Crippen LogP contribution in [0.5, 0.6) is 5.75 Å². The maximum absolute atomic E-state index is 12.2. The number of carbonyl (C=O) groups is 1. The van der Waals surface area contributed by atoms with E-state index in [1.807, 2.05) is 30.3 Å². The number of hydrogen-bond acceptors (Lipinski definition) is 3. The molecule has 21 heavy (non-hydrogen) atoms. The molecule has 0 aliphatic carbocycles. The van der Waals surface area contributed by atoms with Crippen molar-refractivity contribution in [3.63, 3.8) is 0 Å². The second-order valence-corrected chi connectivity index (χ2v) is 4.99. The van der Waals surface area contributed by atoms with Crippen molar-refractivity contribution >= 4 is 5.91 Å². The van der Waals surface area contributed by atoms with Crippen molar-refractivity contribution < 1.29 is 15.0 Å². The van der Waals surface area contributed by atoms with Crippen LogP contribution in [0.4, 0.5) is 0 Å². The topological polar surface area (TPSA) is 69.6 Å². The first-order chi connectivity index (χ1) is 10.1. The van der Waals surface area contributed by atoms with E-state index in [0.29, 0.717) is 17.5 Å². The number of aromatic hydroxyl groups is 1. The highest BCUT2D eigenvalue weighted by Gasteiger charge is 2.16. The van der Waals surface area contributed by atoms with Gasteiger partial charge in [0.2, 0.25) is 0 Å². The number of benzene rings is 2. The SMILES string of the molecule is Cc1c(O)cccc1C(=O)NC(CO)Cc1ccccc1. The van der Waals surface area contributed by atoms with Gasteiger partial charge in [-0.15, -0.1) is 0 Å². The Morgan fingerprint density at radius 1 is 1.14 bits per heavy atom. The third-order valence-corrected chi connectivity index (χ3v) is 3.43. The number of nitrogens with one attached hydrogen (secondary N) is 1. The average Bonchev–Trinajstić information content (AvgIpc) is 2.50. The second kappa shape index (κ2) is 6.90. The minimum Gasteiger partial charge on any atom is -0.508 e. The van der Waals surface area contributed by atoms with Crippen LogP contribution in [0, 0.1) is 6.92 Å². The van der Waals surface area contributed by atoms with Gasteiger partial charge in [-0.3, -0.25) is 4.79 Å². The first-order valence-electron chi connectivity index (χ1n) is 6.86. The zero-order chi connectivity index (χ0) is 15.2. The van der Waals surface area contributed by atoms with Crippen molar-refractivity contribution in [3.8, 4) is 5.75 Å². The van der Waals surface area contributed by atoms with Crippen LogP contribution in [0.1, 0.15) is 21.5 Å². The van der Waals surface area contributed by atoms with Gasteiger partial charge in [0.25, 0.3) is 5.91 Å². The van der Waals surface area contributed by atoms with Crippen LogP contribution in [0.25, 0.3) is 0 Å². The molecule has 0 heterocycles. The molecule has 1 atom stereocenters. The summed E-state index contributed by atoms with van der Waals surface area (Å²) in [4.78, 5) is 12.2. The Balaban J connectivity index is 2.08. The highest BCUT2D eigenvalue weighted by atomic mass is 16.3. The molecule has 0 aliphatic heterocycles. The fourth-order valence-corrected chi connectivity index (χ4v) is 2.19. The number of hydrogen-bond donors (Lipinski definition) is 3. The van der Waals surface area contributed by atoms with Gasteiger partial charge in [-0.2, -0.15) is 0 Å². The van der Waals surface area contributed by atoms with Crippen LogP contribution < -0.4 is 5.32 Å². The van der Waals surface area contributed by atoms with Crippen LogP contribution in [-0.4, -0.2) is 28.8 Å². The Hall–Kier alpha value is -2.33. The zero-order valence-electron chi connectivity index (χ0n) is 11.9. The standard InChI is InChI=1S/C17H19NO3/c1-12-15(8-5-9-16(12)20)17(21)18-14(11-19)10-13-6-3-2-4-7-13/h2-9,14,19-20H,10-11H2,1H3,(H,18,21). The number of aliphatic hydroxyl groups excluding tert-OH is 1. The van der Waals surface area contributed by atoms with Crippen molar-refractivity contribution in [2.75, 3.05) is 6.61 Å². The molecule has 4 nitrogen and oxygen atoms in total. The number of phenols is 1. The Bertz CT molecular complexity index is 611. The van der Waals surface area contributed by atoms with E-state index in [0.717, 1.165) is 5.56 Å². The Labute approximate surface area is 124 Å². The van der Waals surface area contributed by atoms with Gasteiger partial charge >= 0.3 is 0 Å². The van der Waals surface area contributed by atoms with E-state index in [-0.39, 0.29) is 24.3 Å². The van der Waals surface area contributed by atoms with E-state index in [1.54, 1.807) is 25.1 Å². The molecule has 1 unspecified atom stereocenters. The number of aliphatic hydroxyl groups is 1. The largest absolute Gasteiger partial charge is 0.508 e. The Morgan fingerprint density at radius 2 is 1.86 bits per heavy atom. The molecular formula is C17H19NO3. The maximum Gasteiger partial charge on any atom is 0.251 e. The highest BCUT2D eigenvalue weighted by molar-refractivity contribution is 5.96. The summed E-state index contributed by atoms with van der Waals surface area (Å²) in [5.74, 6) is -0.204. The summed E-state index contributed by atoms with van der Waals surface area (Å²) in [7, 11) is 0. The van der Waals surface area contributed by atoms with Gasteiger partial charge in [0.05, 0.1) is 12.6 Å². The minimum atomic E-state index is -0.360. The Kier molecular flexibility index (Phi) is 4.95. The van der Waals surface area contributed by atoms with E-state index >= 15 is 0 Å². The molecule has 0 bridgehead atoms.